The average molecular weight is 309 g/mol. The van der Waals surface area contributed by atoms with Crippen LogP contribution in [-0.4, -0.2) is 60.9 Å². The summed E-state index contributed by atoms with van der Waals surface area (Å²) >= 11 is 5.98. The molecule has 1 aromatic heterocycles. The fourth-order valence-corrected chi connectivity index (χ4v) is 3.51. The number of aryl methyl sites for hydroxylation is 1. The highest BCUT2D eigenvalue weighted by Crippen LogP contribution is 2.22. The van der Waals surface area contributed by atoms with E-state index in [4.69, 9.17) is 11.6 Å². The molecule has 19 heavy (non-hydrogen) atoms. The highest BCUT2D eigenvalue weighted by Gasteiger charge is 2.29. The van der Waals surface area contributed by atoms with Crippen molar-refractivity contribution in [1.29, 1.82) is 0 Å². The van der Waals surface area contributed by atoms with Crippen LogP contribution in [0.5, 0.6) is 0 Å². The van der Waals surface area contributed by atoms with Gasteiger partial charge in [-0.1, -0.05) is 18.5 Å². The van der Waals surface area contributed by atoms with Gasteiger partial charge in [-0.2, -0.15) is 4.31 Å². The van der Waals surface area contributed by atoms with E-state index in [-0.39, 0.29) is 10.2 Å². The maximum absolute atomic E-state index is 12.5. The molecule has 0 spiro atoms. The molecule has 1 heterocycles. The predicted molar refractivity (Wildman–Crippen MR) is 75.8 cm³/mol. The number of rotatable bonds is 7. The maximum Gasteiger partial charge on any atom is 0.263 e. The summed E-state index contributed by atoms with van der Waals surface area (Å²) < 4.78 is 28.0. The zero-order valence-corrected chi connectivity index (χ0v) is 13.4. The predicted octanol–water partition coefficient (Wildman–Crippen LogP) is 1.04. The molecule has 0 unspecified atom stereocenters. The number of likely N-dealkylation sites (N-methyl/N-ethyl adjacent to an activating group) is 1. The number of halogens is 1. The van der Waals surface area contributed by atoms with Crippen LogP contribution in [0.1, 0.15) is 13.3 Å². The van der Waals surface area contributed by atoms with Crippen molar-refractivity contribution >= 4 is 21.6 Å². The number of hydrogen-bond donors (Lipinski definition) is 0. The Labute approximate surface area is 120 Å². The first-order valence-corrected chi connectivity index (χ1v) is 7.94. The molecule has 0 bridgehead atoms. The van der Waals surface area contributed by atoms with E-state index >= 15 is 0 Å². The van der Waals surface area contributed by atoms with Crippen molar-refractivity contribution in [1.82, 2.24) is 18.8 Å². The summed E-state index contributed by atoms with van der Waals surface area (Å²) in [4.78, 5) is 5.85. The molecule has 0 saturated heterocycles. The molecule has 0 N–H and O–H groups in total. The van der Waals surface area contributed by atoms with Gasteiger partial charge in [0, 0.05) is 26.7 Å². The zero-order valence-electron chi connectivity index (χ0n) is 11.8. The normalized spacial score (nSPS) is 12.6. The molecule has 0 atom stereocenters. The van der Waals surface area contributed by atoms with Gasteiger partial charge in [-0.15, -0.1) is 0 Å². The first-order chi connectivity index (χ1) is 8.80. The molecule has 1 aromatic rings. The first-order valence-electron chi connectivity index (χ1n) is 6.12. The Balaban J connectivity index is 3.02. The number of aromatic nitrogens is 2. The van der Waals surface area contributed by atoms with Gasteiger partial charge in [0.15, 0.2) is 0 Å². The number of nitrogens with zero attached hydrogens (tertiary/aromatic N) is 4. The zero-order chi connectivity index (χ0) is 14.6. The summed E-state index contributed by atoms with van der Waals surface area (Å²) in [5, 5.41) is 0.0785. The molecule has 0 radical (unpaired) electrons. The molecular weight excluding hydrogens is 288 g/mol. The minimum Gasteiger partial charge on any atom is -0.324 e. The molecule has 0 saturated carbocycles. The van der Waals surface area contributed by atoms with Crippen LogP contribution in [0.4, 0.5) is 0 Å². The van der Waals surface area contributed by atoms with Crippen molar-refractivity contribution in [3.8, 4) is 0 Å². The standard InChI is InChI=1S/C11H21ClN4O2S/c1-5-6-16(8-7-14(2)3)19(17,18)11-10(12)15(4)9-13-11/h9H,5-8H2,1-4H3. The van der Waals surface area contributed by atoms with E-state index in [1.54, 1.807) is 7.05 Å². The SMILES string of the molecule is CCCN(CCN(C)C)S(=O)(=O)c1ncn(C)c1Cl. The molecule has 8 heteroatoms. The monoisotopic (exact) mass is 308 g/mol. The average Bonchev–Trinajstić information content (AvgIpc) is 2.65. The van der Waals surface area contributed by atoms with Crippen molar-refractivity contribution in [2.24, 2.45) is 7.05 Å². The fraction of sp³-hybridized carbons (Fsp3) is 0.727. The first kappa shape index (κ1) is 16.4. The lowest BCUT2D eigenvalue weighted by Gasteiger charge is -2.22. The molecular formula is C11H21ClN4O2S. The van der Waals surface area contributed by atoms with E-state index in [9.17, 15) is 8.42 Å². The van der Waals surface area contributed by atoms with E-state index in [0.717, 1.165) is 6.42 Å². The van der Waals surface area contributed by atoms with Crippen LogP contribution in [0.15, 0.2) is 11.4 Å². The molecule has 0 amide bonds. The van der Waals surface area contributed by atoms with Crippen molar-refractivity contribution in [3.63, 3.8) is 0 Å². The lowest BCUT2D eigenvalue weighted by molar-refractivity contribution is 0.332. The van der Waals surface area contributed by atoms with Crippen LogP contribution in [-0.2, 0) is 17.1 Å². The van der Waals surface area contributed by atoms with Gasteiger partial charge in [-0.3, -0.25) is 0 Å². The lowest BCUT2D eigenvalue weighted by Crippen LogP contribution is -2.37. The van der Waals surface area contributed by atoms with Gasteiger partial charge in [-0.05, 0) is 20.5 Å². The van der Waals surface area contributed by atoms with E-state index < -0.39 is 10.0 Å². The van der Waals surface area contributed by atoms with Gasteiger partial charge < -0.3 is 9.47 Å². The van der Waals surface area contributed by atoms with Gasteiger partial charge in [0.05, 0.1) is 6.33 Å². The Kier molecular flexibility index (Phi) is 5.79. The Bertz CT molecular complexity index is 513. The quantitative estimate of drug-likeness (QED) is 0.755. The summed E-state index contributed by atoms with van der Waals surface area (Å²) in [6, 6.07) is 0. The van der Waals surface area contributed by atoms with Crippen molar-refractivity contribution in [2.75, 3.05) is 33.7 Å². The minimum atomic E-state index is -3.63. The summed E-state index contributed by atoms with van der Waals surface area (Å²) in [6.07, 6.45) is 2.16. The van der Waals surface area contributed by atoms with Crippen LogP contribution in [0.3, 0.4) is 0 Å². The van der Waals surface area contributed by atoms with Gasteiger partial charge in [0.1, 0.15) is 5.15 Å². The van der Waals surface area contributed by atoms with Gasteiger partial charge >= 0.3 is 0 Å². The summed E-state index contributed by atoms with van der Waals surface area (Å²) in [6.45, 7) is 3.49. The molecule has 0 fully saturated rings. The Morgan fingerprint density at radius 1 is 1.32 bits per heavy atom. The summed E-state index contributed by atoms with van der Waals surface area (Å²) in [5.41, 5.74) is 0. The summed E-state index contributed by atoms with van der Waals surface area (Å²) in [5.74, 6) is 0. The fourth-order valence-electron chi connectivity index (χ4n) is 1.60. The van der Waals surface area contributed by atoms with Crippen LogP contribution >= 0.6 is 11.6 Å². The third-order valence-corrected chi connectivity index (χ3v) is 5.08. The molecule has 110 valence electrons. The second-order valence-electron chi connectivity index (χ2n) is 4.66. The number of sulfonamides is 1. The summed E-state index contributed by atoms with van der Waals surface area (Å²) in [7, 11) is 1.85. The van der Waals surface area contributed by atoms with Crippen molar-refractivity contribution in [3.05, 3.63) is 11.5 Å². The smallest absolute Gasteiger partial charge is 0.263 e. The van der Waals surface area contributed by atoms with Crippen molar-refractivity contribution in [2.45, 2.75) is 18.4 Å². The lowest BCUT2D eigenvalue weighted by atomic mass is 10.4. The Morgan fingerprint density at radius 2 is 1.95 bits per heavy atom. The van der Waals surface area contributed by atoms with Gasteiger partial charge in [-0.25, -0.2) is 13.4 Å². The van der Waals surface area contributed by atoms with Crippen LogP contribution < -0.4 is 0 Å². The van der Waals surface area contributed by atoms with Crippen LogP contribution in [0.2, 0.25) is 5.15 Å². The van der Waals surface area contributed by atoms with Crippen molar-refractivity contribution < 1.29 is 8.42 Å². The number of hydrogen-bond acceptors (Lipinski definition) is 4. The minimum absolute atomic E-state index is 0.0659. The van der Waals surface area contributed by atoms with Crippen LogP contribution in [0, 0.1) is 0 Å². The molecule has 0 aliphatic heterocycles. The number of imidazole rings is 1. The van der Waals surface area contributed by atoms with Gasteiger partial charge in [0.2, 0.25) is 5.03 Å². The molecule has 6 nitrogen and oxygen atoms in total. The van der Waals surface area contributed by atoms with Gasteiger partial charge in [0.25, 0.3) is 10.0 Å². The highest BCUT2D eigenvalue weighted by molar-refractivity contribution is 7.89. The molecule has 0 aliphatic carbocycles. The maximum atomic E-state index is 12.5. The van der Waals surface area contributed by atoms with E-state index in [2.05, 4.69) is 4.98 Å². The van der Waals surface area contributed by atoms with E-state index in [1.807, 2.05) is 25.9 Å². The van der Waals surface area contributed by atoms with E-state index in [1.165, 1.54) is 15.2 Å². The largest absolute Gasteiger partial charge is 0.324 e. The van der Waals surface area contributed by atoms with E-state index in [0.29, 0.717) is 19.6 Å². The highest BCUT2D eigenvalue weighted by atomic mass is 35.5. The Morgan fingerprint density at radius 3 is 2.37 bits per heavy atom. The molecule has 0 aliphatic rings. The topological polar surface area (TPSA) is 58.4 Å². The third kappa shape index (κ3) is 3.92. The second-order valence-corrected chi connectivity index (χ2v) is 6.87. The molecule has 0 aromatic carbocycles. The molecule has 1 rings (SSSR count). The third-order valence-electron chi connectivity index (χ3n) is 2.69. The Hall–Kier alpha value is -0.630. The van der Waals surface area contributed by atoms with Crippen LogP contribution in [0.25, 0.3) is 0 Å². The second kappa shape index (κ2) is 6.69.